The summed E-state index contributed by atoms with van der Waals surface area (Å²) < 4.78 is 10.7. The maximum Gasteiger partial charge on any atom is 0.223 e. The largest absolute Gasteiger partial charge is 0.493 e. The number of nitrogens with one attached hydrogen (secondary N) is 2. The molecule has 1 aliphatic carbocycles. The van der Waals surface area contributed by atoms with Crippen LogP contribution in [0, 0.1) is 5.92 Å². The molecule has 0 bridgehead atoms. The minimum atomic E-state index is 0. The summed E-state index contributed by atoms with van der Waals surface area (Å²) in [6.07, 6.45) is 6.51. The van der Waals surface area contributed by atoms with Crippen molar-refractivity contribution < 1.29 is 14.3 Å². The molecule has 1 aromatic rings. The summed E-state index contributed by atoms with van der Waals surface area (Å²) in [6.45, 7) is 4.82. The zero-order chi connectivity index (χ0) is 21.8. The lowest BCUT2D eigenvalue weighted by atomic mass is 9.89. The van der Waals surface area contributed by atoms with Gasteiger partial charge in [0.1, 0.15) is 0 Å². The third kappa shape index (κ3) is 9.13. The molecule has 1 amide bonds. The second-order valence-corrected chi connectivity index (χ2v) is 7.72. The van der Waals surface area contributed by atoms with Crippen LogP contribution in [0.1, 0.15) is 44.6 Å². The summed E-state index contributed by atoms with van der Waals surface area (Å²) in [6, 6.07) is 6.00. The molecule has 31 heavy (non-hydrogen) atoms. The molecular weight excluding hydrogens is 507 g/mol. The van der Waals surface area contributed by atoms with Gasteiger partial charge in [0, 0.05) is 32.6 Å². The number of carbonyl (C=O) groups excluding carboxylic acids is 1. The van der Waals surface area contributed by atoms with E-state index in [2.05, 4.69) is 33.5 Å². The van der Waals surface area contributed by atoms with Crippen LogP contribution in [-0.4, -0.2) is 64.2 Å². The number of benzene rings is 1. The first-order valence-electron chi connectivity index (χ1n) is 11.1. The van der Waals surface area contributed by atoms with Gasteiger partial charge < -0.3 is 25.0 Å². The van der Waals surface area contributed by atoms with Gasteiger partial charge in [-0.25, -0.2) is 0 Å². The monoisotopic (exact) mass is 546 g/mol. The zero-order valence-corrected chi connectivity index (χ0v) is 21.7. The Kier molecular flexibility index (Phi) is 13.4. The first-order valence-corrected chi connectivity index (χ1v) is 11.1. The second-order valence-electron chi connectivity index (χ2n) is 7.72. The summed E-state index contributed by atoms with van der Waals surface area (Å²) in [5.41, 5.74) is 1.18. The number of aliphatic imine (C=N–C) groups is 1. The number of rotatable bonds is 10. The number of carbonyl (C=O) groups is 1. The molecule has 2 N–H and O–H groups in total. The molecule has 0 aromatic heterocycles. The number of nitrogens with zero attached hydrogens (tertiary/aromatic N) is 2. The fraction of sp³-hybridized carbons (Fsp3) is 0.652. The van der Waals surface area contributed by atoms with E-state index in [1.165, 1.54) is 24.8 Å². The molecule has 0 radical (unpaired) electrons. The average Bonchev–Trinajstić information content (AvgIpc) is 2.79. The van der Waals surface area contributed by atoms with Crippen LogP contribution in [0.15, 0.2) is 23.2 Å². The number of amides is 1. The standard InChI is InChI=1S/C23H38N4O3.HI/c1-5-24-23(26-15-14-25-22(28)19-9-7-6-8-10-19)27(2)16-13-18-11-12-20(29-3)21(17-18)30-4;/h11-12,17,19H,5-10,13-16H2,1-4H3,(H,24,26)(H,25,28);1H. The first kappa shape index (κ1) is 27.3. The van der Waals surface area contributed by atoms with E-state index in [1.54, 1.807) is 14.2 Å². The van der Waals surface area contributed by atoms with Crippen LogP contribution in [0.2, 0.25) is 0 Å². The molecule has 2 rings (SSSR count). The fourth-order valence-electron chi connectivity index (χ4n) is 3.76. The maximum absolute atomic E-state index is 12.3. The number of guanidine groups is 1. The van der Waals surface area contributed by atoms with Gasteiger partial charge in [0.2, 0.25) is 5.91 Å². The van der Waals surface area contributed by atoms with Crippen molar-refractivity contribution in [2.24, 2.45) is 10.9 Å². The first-order chi connectivity index (χ1) is 14.6. The number of likely N-dealkylation sites (N-methyl/N-ethyl adjacent to an activating group) is 1. The highest BCUT2D eigenvalue weighted by molar-refractivity contribution is 14.0. The van der Waals surface area contributed by atoms with Crippen molar-refractivity contribution in [2.45, 2.75) is 45.4 Å². The van der Waals surface area contributed by atoms with Gasteiger partial charge in [-0.1, -0.05) is 25.3 Å². The Hall–Kier alpha value is -1.71. The molecule has 0 saturated heterocycles. The van der Waals surface area contributed by atoms with Crippen molar-refractivity contribution in [1.82, 2.24) is 15.5 Å². The molecule has 1 aromatic carbocycles. The Morgan fingerprint density at radius 3 is 2.48 bits per heavy atom. The van der Waals surface area contributed by atoms with Gasteiger partial charge in [0.05, 0.1) is 20.8 Å². The molecule has 0 aliphatic heterocycles. The van der Waals surface area contributed by atoms with Crippen LogP contribution in [0.25, 0.3) is 0 Å². The van der Waals surface area contributed by atoms with E-state index in [0.717, 1.165) is 49.8 Å². The average molecular weight is 546 g/mol. The van der Waals surface area contributed by atoms with E-state index < -0.39 is 0 Å². The van der Waals surface area contributed by atoms with Crippen LogP contribution in [-0.2, 0) is 11.2 Å². The Bertz CT molecular complexity index is 693. The summed E-state index contributed by atoms with van der Waals surface area (Å²) in [7, 11) is 5.32. The normalized spacial score (nSPS) is 14.4. The highest BCUT2D eigenvalue weighted by Crippen LogP contribution is 2.27. The van der Waals surface area contributed by atoms with E-state index in [-0.39, 0.29) is 35.8 Å². The molecule has 1 aliphatic rings. The highest BCUT2D eigenvalue weighted by atomic mass is 127. The van der Waals surface area contributed by atoms with E-state index in [0.29, 0.717) is 13.1 Å². The molecule has 7 nitrogen and oxygen atoms in total. The Labute approximate surface area is 204 Å². The fourth-order valence-corrected chi connectivity index (χ4v) is 3.76. The molecule has 0 spiro atoms. The van der Waals surface area contributed by atoms with Crippen molar-refractivity contribution in [2.75, 3.05) is 47.4 Å². The molecule has 1 fully saturated rings. The molecule has 8 heteroatoms. The predicted molar refractivity (Wildman–Crippen MR) is 137 cm³/mol. The van der Waals surface area contributed by atoms with Crippen LogP contribution in [0.4, 0.5) is 0 Å². The minimum absolute atomic E-state index is 0. The molecule has 176 valence electrons. The topological polar surface area (TPSA) is 75.2 Å². The van der Waals surface area contributed by atoms with Crippen molar-refractivity contribution in [1.29, 1.82) is 0 Å². The van der Waals surface area contributed by atoms with E-state index in [1.807, 2.05) is 19.2 Å². The number of hydrogen-bond acceptors (Lipinski definition) is 4. The van der Waals surface area contributed by atoms with Crippen LogP contribution in [0.5, 0.6) is 11.5 Å². The Morgan fingerprint density at radius 1 is 1.13 bits per heavy atom. The van der Waals surface area contributed by atoms with Gasteiger partial charge in [-0.3, -0.25) is 9.79 Å². The molecular formula is C23H39IN4O3. The lowest BCUT2D eigenvalue weighted by Gasteiger charge is -2.23. The maximum atomic E-state index is 12.3. The van der Waals surface area contributed by atoms with Crippen molar-refractivity contribution in [3.05, 3.63) is 23.8 Å². The van der Waals surface area contributed by atoms with Crippen molar-refractivity contribution in [3.8, 4) is 11.5 Å². The van der Waals surface area contributed by atoms with E-state index >= 15 is 0 Å². The van der Waals surface area contributed by atoms with Gasteiger partial charge >= 0.3 is 0 Å². The van der Waals surface area contributed by atoms with E-state index in [4.69, 9.17) is 9.47 Å². The van der Waals surface area contributed by atoms with Gasteiger partial charge in [0.25, 0.3) is 0 Å². The quantitative estimate of drug-likeness (QED) is 0.204. The summed E-state index contributed by atoms with van der Waals surface area (Å²) >= 11 is 0. The second kappa shape index (κ2) is 15.2. The zero-order valence-electron chi connectivity index (χ0n) is 19.4. The molecule has 0 heterocycles. The van der Waals surface area contributed by atoms with Crippen molar-refractivity contribution >= 4 is 35.8 Å². The summed E-state index contributed by atoms with van der Waals surface area (Å²) in [4.78, 5) is 19.0. The van der Waals surface area contributed by atoms with Gasteiger partial charge in [-0.2, -0.15) is 0 Å². The lowest BCUT2D eigenvalue weighted by molar-refractivity contribution is -0.125. The number of halogens is 1. The SMILES string of the molecule is CCNC(=NCCNC(=O)C1CCCCC1)N(C)CCc1ccc(OC)c(OC)c1.I. The minimum Gasteiger partial charge on any atom is -0.493 e. The Balaban J connectivity index is 0.00000480. The molecule has 0 atom stereocenters. The number of ether oxygens (including phenoxy) is 2. The third-order valence-corrected chi connectivity index (χ3v) is 5.53. The third-order valence-electron chi connectivity index (χ3n) is 5.53. The molecule has 1 saturated carbocycles. The van der Waals surface area contributed by atoms with Crippen LogP contribution in [0.3, 0.4) is 0 Å². The van der Waals surface area contributed by atoms with Crippen LogP contribution < -0.4 is 20.1 Å². The summed E-state index contributed by atoms with van der Waals surface area (Å²) in [5, 5.41) is 6.38. The highest BCUT2D eigenvalue weighted by Gasteiger charge is 2.20. The lowest BCUT2D eigenvalue weighted by Crippen LogP contribution is -2.40. The van der Waals surface area contributed by atoms with Crippen LogP contribution >= 0.6 is 24.0 Å². The number of methoxy groups -OCH3 is 2. The predicted octanol–water partition coefficient (Wildman–Crippen LogP) is 3.46. The van der Waals surface area contributed by atoms with Gasteiger partial charge in [0.15, 0.2) is 17.5 Å². The van der Waals surface area contributed by atoms with E-state index in [9.17, 15) is 4.79 Å². The van der Waals surface area contributed by atoms with Crippen molar-refractivity contribution in [3.63, 3.8) is 0 Å². The summed E-state index contributed by atoms with van der Waals surface area (Å²) in [5.74, 6) is 2.72. The van der Waals surface area contributed by atoms with Gasteiger partial charge in [-0.15, -0.1) is 24.0 Å². The Morgan fingerprint density at radius 2 is 1.84 bits per heavy atom. The smallest absolute Gasteiger partial charge is 0.223 e. The van der Waals surface area contributed by atoms with Gasteiger partial charge in [-0.05, 0) is 43.9 Å². The molecule has 0 unspecified atom stereocenters. The number of hydrogen-bond donors (Lipinski definition) is 2.